The van der Waals surface area contributed by atoms with Gasteiger partial charge in [0.2, 0.25) is 0 Å². The van der Waals surface area contributed by atoms with Gasteiger partial charge in [-0.3, -0.25) is 0 Å². The maximum Gasteiger partial charge on any atom is 0.168 e. The second-order valence-corrected chi connectivity index (χ2v) is 4.93. The van der Waals surface area contributed by atoms with Gasteiger partial charge in [0.25, 0.3) is 0 Å². The summed E-state index contributed by atoms with van der Waals surface area (Å²) in [6.07, 6.45) is 0.576. The molecule has 0 aromatic heterocycles. The van der Waals surface area contributed by atoms with E-state index in [4.69, 9.17) is 41.2 Å². The Labute approximate surface area is 109 Å². The van der Waals surface area contributed by atoms with E-state index in [0.29, 0.717) is 15.2 Å². The zero-order chi connectivity index (χ0) is 11.7. The standard InChI is InChI=1S/C10H11Cl2N3S/c11-5-1-2-6(7(12)3-5)8-4-9(13)15-10(16)14-8/h1-3,8-9H,4,13H2,(H2,14,15,16). The van der Waals surface area contributed by atoms with Crippen molar-refractivity contribution in [1.29, 1.82) is 0 Å². The van der Waals surface area contributed by atoms with Crippen LogP contribution in [-0.4, -0.2) is 11.3 Å². The van der Waals surface area contributed by atoms with Crippen molar-refractivity contribution in [3.05, 3.63) is 33.8 Å². The summed E-state index contributed by atoms with van der Waals surface area (Å²) in [5.74, 6) is 0. The van der Waals surface area contributed by atoms with Gasteiger partial charge in [-0.25, -0.2) is 0 Å². The average molecular weight is 276 g/mol. The minimum Gasteiger partial charge on any atom is -0.356 e. The van der Waals surface area contributed by atoms with Crippen molar-refractivity contribution in [2.24, 2.45) is 5.73 Å². The van der Waals surface area contributed by atoms with E-state index in [1.54, 1.807) is 12.1 Å². The summed E-state index contributed by atoms with van der Waals surface area (Å²) < 4.78 is 0. The fraction of sp³-hybridized carbons (Fsp3) is 0.300. The van der Waals surface area contributed by atoms with Crippen LogP contribution in [0.25, 0.3) is 0 Å². The monoisotopic (exact) mass is 275 g/mol. The van der Waals surface area contributed by atoms with Crippen LogP contribution in [0.3, 0.4) is 0 Å². The van der Waals surface area contributed by atoms with Crippen LogP contribution in [0.1, 0.15) is 18.0 Å². The molecule has 86 valence electrons. The topological polar surface area (TPSA) is 50.1 Å². The van der Waals surface area contributed by atoms with E-state index in [9.17, 15) is 0 Å². The maximum atomic E-state index is 6.13. The maximum absolute atomic E-state index is 6.13. The van der Waals surface area contributed by atoms with Crippen LogP contribution in [0.15, 0.2) is 18.2 Å². The molecule has 0 aliphatic carbocycles. The van der Waals surface area contributed by atoms with Crippen molar-refractivity contribution >= 4 is 40.5 Å². The predicted molar refractivity (Wildman–Crippen MR) is 70.7 cm³/mol. The highest BCUT2D eigenvalue weighted by Gasteiger charge is 2.23. The Bertz CT molecular complexity index is 425. The fourth-order valence-electron chi connectivity index (χ4n) is 1.73. The second-order valence-electron chi connectivity index (χ2n) is 3.68. The number of nitrogens with two attached hydrogens (primary N) is 1. The molecule has 16 heavy (non-hydrogen) atoms. The lowest BCUT2D eigenvalue weighted by molar-refractivity contribution is 0.442. The van der Waals surface area contributed by atoms with E-state index in [2.05, 4.69) is 10.6 Å². The van der Waals surface area contributed by atoms with Crippen LogP contribution in [0.5, 0.6) is 0 Å². The third-order valence-electron chi connectivity index (χ3n) is 2.45. The molecule has 6 heteroatoms. The molecule has 1 aliphatic heterocycles. The van der Waals surface area contributed by atoms with Gasteiger partial charge in [-0.1, -0.05) is 29.3 Å². The minimum atomic E-state index is -0.148. The zero-order valence-corrected chi connectivity index (χ0v) is 10.7. The molecule has 1 fully saturated rings. The third-order valence-corrected chi connectivity index (χ3v) is 3.25. The molecule has 1 saturated heterocycles. The Morgan fingerprint density at radius 1 is 1.31 bits per heavy atom. The molecule has 1 aromatic rings. The Morgan fingerprint density at radius 2 is 2.06 bits per heavy atom. The van der Waals surface area contributed by atoms with Gasteiger partial charge < -0.3 is 16.4 Å². The number of hydrogen-bond acceptors (Lipinski definition) is 2. The molecular weight excluding hydrogens is 265 g/mol. The molecule has 1 aromatic carbocycles. The summed E-state index contributed by atoms with van der Waals surface area (Å²) >= 11 is 17.0. The molecule has 2 atom stereocenters. The first-order valence-electron chi connectivity index (χ1n) is 4.84. The van der Waals surface area contributed by atoms with Crippen molar-refractivity contribution in [2.45, 2.75) is 18.6 Å². The van der Waals surface area contributed by atoms with Gasteiger partial charge in [-0.15, -0.1) is 0 Å². The van der Waals surface area contributed by atoms with Gasteiger partial charge in [-0.05, 0) is 29.9 Å². The van der Waals surface area contributed by atoms with Gasteiger partial charge in [0, 0.05) is 16.5 Å². The predicted octanol–water partition coefficient (Wildman–Crippen LogP) is 2.19. The first-order valence-corrected chi connectivity index (χ1v) is 6.00. The van der Waals surface area contributed by atoms with Crippen LogP contribution in [0.2, 0.25) is 10.0 Å². The lowest BCUT2D eigenvalue weighted by Gasteiger charge is -2.31. The van der Waals surface area contributed by atoms with Crippen molar-refractivity contribution in [3.8, 4) is 0 Å². The highest BCUT2D eigenvalue weighted by molar-refractivity contribution is 7.80. The molecule has 0 bridgehead atoms. The summed E-state index contributed by atoms with van der Waals surface area (Å²) in [6, 6.07) is 5.45. The molecule has 3 nitrogen and oxygen atoms in total. The number of rotatable bonds is 1. The number of hydrogen-bond donors (Lipinski definition) is 3. The number of halogens is 2. The molecule has 0 amide bonds. The molecule has 0 saturated carbocycles. The largest absolute Gasteiger partial charge is 0.356 e. The Kier molecular flexibility index (Phi) is 3.54. The molecular formula is C10H11Cl2N3S. The van der Waals surface area contributed by atoms with E-state index in [0.717, 1.165) is 12.0 Å². The summed E-state index contributed by atoms with van der Waals surface area (Å²) in [5.41, 5.74) is 6.79. The first kappa shape index (κ1) is 11.9. The summed E-state index contributed by atoms with van der Waals surface area (Å²) in [4.78, 5) is 0. The van der Waals surface area contributed by atoms with Crippen molar-refractivity contribution in [1.82, 2.24) is 10.6 Å². The van der Waals surface area contributed by atoms with Gasteiger partial charge >= 0.3 is 0 Å². The highest BCUT2D eigenvalue weighted by Crippen LogP contribution is 2.29. The van der Waals surface area contributed by atoms with Gasteiger partial charge in [0.15, 0.2) is 5.11 Å². The lowest BCUT2D eigenvalue weighted by atomic mass is 10.0. The van der Waals surface area contributed by atoms with Gasteiger partial charge in [0.05, 0.1) is 12.2 Å². The van der Waals surface area contributed by atoms with Crippen molar-refractivity contribution < 1.29 is 0 Å². The molecule has 0 radical (unpaired) electrons. The Balaban J connectivity index is 2.26. The van der Waals surface area contributed by atoms with E-state index in [-0.39, 0.29) is 12.2 Å². The average Bonchev–Trinajstić information content (AvgIpc) is 2.15. The Hall–Kier alpha value is -0.550. The van der Waals surface area contributed by atoms with Gasteiger partial charge in [-0.2, -0.15) is 0 Å². The second kappa shape index (κ2) is 4.75. The van der Waals surface area contributed by atoms with Crippen LogP contribution in [0, 0.1) is 0 Å². The van der Waals surface area contributed by atoms with E-state index in [1.807, 2.05) is 6.07 Å². The first-order chi connectivity index (χ1) is 7.56. The van der Waals surface area contributed by atoms with Crippen LogP contribution >= 0.6 is 35.4 Å². The number of benzene rings is 1. The highest BCUT2D eigenvalue weighted by atomic mass is 35.5. The molecule has 1 aliphatic rings. The smallest absolute Gasteiger partial charge is 0.168 e. The molecule has 0 spiro atoms. The molecule has 2 unspecified atom stereocenters. The Morgan fingerprint density at radius 3 is 2.69 bits per heavy atom. The van der Waals surface area contributed by atoms with Crippen LogP contribution in [-0.2, 0) is 0 Å². The summed E-state index contributed by atoms with van der Waals surface area (Å²) in [6.45, 7) is 0. The summed E-state index contributed by atoms with van der Waals surface area (Å²) in [5, 5.41) is 7.87. The van der Waals surface area contributed by atoms with Gasteiger partial charge in [0.1, 0.15) is 0 Å². The molecule has 1 heterocycles. The molecule has 4 N–H and O–H groups in total. The SMILES string of the molecule is NC1CC(c2ccc(Cl)cc2Cl)NC(=S)N1. The molecule has 2 rings (SSSR count). The quantitative estimate of drug-likeness (QED) is 0.688. The van der Waals surface area contributed by atoms with Crippen molar-refractivity contribution in [2.75, 3.05) is 0 Å². The van der Waals surface area contributed by atoms with Crippen LogP contribution < -0.4 is 16.4 Å². The number of thiocarbonyl (C=S) groups is 1. The summed E-state index contributed by atoms with van der Waals surface area (Å²) in [7, 11) is 0. The fourth-order valence-corrected chi connectivity index (χ4v) is 2.56. The zero-order valence-electron chi connectivity index (χ0n) is 8.34. The van der Waals surface area contributed by atoms with Crippen LogP contribution in [0.4, 0.5) is 0 Å². The van der Waals surface area contributed by atoms with E-state index in [1.165, 1.54) is 0 Å². The van der Waals surface area contributed by atoms with Crippen molar-refractivity contribution in [3.63, 3.8) is 0 Å². The van der Waals surface area contributed by atoms with E-state index >= 15 is 0 Å². The minimum absolute atomic E-state index is 0.0357. The number of nitrogens with one attached hydrogen (secondary N) is 2. The lowest BCUT2D eigenvalue weighted by Crippen LogP contribution is -2.54. The normalized spacial score (nSPS) is 24.8. The third kappa shape index (κ3) is 2.58. The van der Waals surface area contributed by atoms with E-state index < -0.39 is 0 Å².